The van der Waals surface area contributed by atoms with Crippen LogP contribution in [0.3, 0.4) is 0 Å². The molecule has 0 atom stereocenters. The second-order valence-corrected chi connectivity index (χ2v) is 6.16. The van der Waals surface area contributed by atoms with Crippen molar-refractivity contribution in [3.8, 4) is 17.7 Å². The van der Waals surface area contributed by atoms with Crippen LogP contribution in [0, 0.1) is 11.5 Å². The molecule has 0 unspecified atom stereocenters. The molecule has 6 heteroatoms. The number of nitrogens with zero attached hydrogens (tertiary/aromatic N) is 4. The van der Waals surface area contributed by atoms with E-state index in [0.717, 1.165) is 41.7 Å². The summed E-state index contributed by atoms with van der Waals surface area (Å²) in [7, 11) is 0. The molecule has 0 saturated carbocycles. The number of hydrogen-bond donors (Lipinski definition) is 0. The van der Waals surface area contributed by atoms with Gasteiger partial charge in [0.2, 0.25) is 0 Å². The average molecular weight is 339 g/mol. The fourth-order valence-corrected chi connectivity index (χ4v) is 3.13. The minimum absolute atomic E-state index is 0.645. The fourth-order valence-electron chi connectivity index (χ4n) is 2.95. The molecule has 0 radical (unpaired) electrons. The molecule has 2 heterocycles. The van der Waals surface area contributed by atoms with Crippen molar-refractivity contribution < 1.29 is 4.74 Å². The predicted octanol–water partition coefficient (Wildman–Crippen LogP) is 3.62. The number of benzene rings is 2. The maximum absolute atomic E-state index is 9.05. The van der Waals surface area contributed by atoms with E-state index in [0.29, 0.717) is 18.1 Å². The quantitative estimate of drug-likeness (QED) is 0.688. The molecule has 0 N–H and O–H groups in total. The maximum Gasteiger partial charge on any atom is 0.179 e. The van der Waals surface area contributed by atoms with Crippen LogP contribution in [0.25, 0.3) is 0 Å². The van der Waals surface area contributed by atoms with Crippen LogP contribution in [0.4, 0.5) is 5.69 Å². The summed E-state index contributed by atoms with van der Waals surface area (Å²) in [5.74, 6) is 2.31. The smallest absolute Gasteiger partial charge is 0.179 e. The topological polar surface area (TPSA) is 51.9 Å². The summed E-state index contributed by atoms with van der Waals surface area (Å²) >= 11 is 6.21. The van der Waals surface area contributed by atoms with Gasteiger partial charge in [0.1, 0.15) is 17.3 Å². The van der Waals surface area contributed by atoms with E-state index in [1.165, 1.54) is 0 Å². The highest BCUT2D eigenvalue weighted by molar-refractivity contribution is 6.31. The standard InChI is InChI=1S/C18H15ClN4O/c19-13-5-6-16-14(11-13)18(23-9-7-22(12-20)8-10-23)21-15-3-1-2-4-17(15)24-16/h1-6,11H,7-10H2. The molecule has 0 spiro atoms. The first kappa shape index (κ1) is 14.9. The number of nitriles is 1. The van der Waals surface area contributed by atoms with E-state index in [1.807, 2.05) is 42.5 Å². The average Bonchev–Trinajstić information content (AvgIpc) is 2.78. The Morgan fingerprint density at radius 1 is 1.04 bits per heavy atom. The summed E-state index contributed by atoms with van der Waals surface area (Å²) in [5.41, 5.74) is 1.67. The van der Waals surface area contributed by atoms with Gasteiger partial charge in [0, 0.05) is 31.2 Å². The molecular weight excluding hydrogens is 324 g/mol. The Morgan fingerprint density at radius 3 is 2.62 bits per heavy atom. The molecule has 0 amide bonds. The lowest BCUT2D eigenvalue weighted by Gasteiger charge is -2.34. The molecule has 1 saturated heterocycles. The highest BCUT2D eigenvalue weighted by atomic mass is 35.5. The number of halogens is 1. The molecule has 5 nitrogen and oxygen atoms in total. The largest absolute Gasteiger partial charge is 0.454 e. The van der Waals surface area contributed by atoms with Gasteiger partial charge in [0.25, 0.3) is 0 Å². The van der Waals surface area contributed by atoms with Gasteiger partial charge in [-0.2, -0.15) is 5.26 Å². The first-order chi connectivity index (χ1) is 11.7. The van der Waals surface area contributed by atoms with Crippen molar-refractivity contribution >= 4 is 23.1 Å². The van der Waals surface area contributed by atoms with Gasteiger partial charge in [-0.25, -0.2) is 4.99 Å². The molecule has 120 valence electrons. The third-order valence-electron chi connectivity index (χ3n) is 4.21. The molecule has 0 aliphatic carbocycles. The van der Waals surface area contributed by atoms with Crippen molar-refractivity contribution in [2.75, 3.05) is 26.2 Å². The Balaban J connectivity index is 1.80. The molecule has 24 heavy (non-hydrogen) atoms. The minimum atomic E-state index is 0.645. The second kappa shape index (κ2) is 6.06. The molecule has 2 aromatic rings. The molecular formula is C18H15ClN4O. The van der Waals surface area contributed by atoms with Crippen LogP contribution in [0.2, 0.25) is 5.02 Å². The van der Waals surface area contributed by atoms with Gasteiger partial charge in [0.15, 0.2) is 11.9 Å². The molecule has 2 aliphatic rings. The van der Waals surface area contributed by atoms with E-state index in [2.05, 4.69) is 11.1 Å². The molecule has 0 aromatic heterocycles. The van der Waals surface area contributed by atoms with Crippen LogP contribution < -0.4 is 4.74 Å². The van der Waals surface area contributed by atoms with E-state index in [1.54, 1.807) is 4.90 Å². The van der Waals surface area contributed by atoms with Crippen molar-refractivity contribution in [1.29, 1.82) is 5.26 Å². The lowest BCUT2D eigenvalue weighted by molar-refractivity contribution is 0.246. The Bertz CT molecular complexity index is 850. The van der Waals surface area contributed by atoms with E-state index in [4.69, 9.17) is 26.6 Å². The van der Waals surface area contributed by atoms with Gasteiger partial charge >= 0.3 is 0 Å². The first-order valence-corrected chi connectivity index (χ1v) is 8.17. The number of fused-ring (bicyclic) bond motifs is 2. The van der Waals surface area contributed by atoms with Gasteiger partial charge in [0.05, 0.1) is 5.56 Å². The lowest BCUT2D eigenvalue weighted by Crippen LogP contribution is -2.47. The first-order valence-electron chi connectivity index (χ1n) is 7.80. The van der Waals surface area contributed by atoms with E-state index >= 15 is 0 Å². The Kier molecular flexibility index (Phi) is 3.75. The van der Waals surface area contributed by atoms with Crippen LogP contribution in [0.1, 0.15) is 5.56 Å². The summed E-state index contributed by atoms with van der Waals surface area (Å²) in [4.78, 5) is 8.80. The minimum Gasteiger partial charge on any atom is -0.454 e. The van der Waals surface area contributed by atoms with Crippen LogP contribution >= 0.6 is 11.6 Å². The maximum atomic E-state index is 9.05. The van der Waals surface area contributed by atoms with E-state index < -0.39 is 0 Å². The lowest BCUT2D eigenvalue weighted by atomic mass is 10.1. The highest BCUT2D eigenvalue weighted by Crippen LogP contribution is 2.38. The Hall–Kier alpha value is -2.71. The van der Waals surface area contributed by atoms with Gasteiger partial charge in [-0.05, 0) is 30.3 Å². The summed E-state index contributed by atoms with van der Waals surface area (Å²) in [6.07, 6.45) is 2.20. The highest BCUT2D eigenvalue weighted by Gasteiger charge is 2.25. The molecule has 1 fully saturated rings. The number of amidine groups is 1. The summed E-state index contributed by atoms with van der Waals surface area (Å²) in [6.45, 7) is 2.85. The normalized spacial score (nSPS) is 16.2. The molecule has 2 aromatic carbocycles. The van der Waals surface area contributed by atoms with Crippen molar-refractivity contribution in [3.05, 3.63) is 53.1 Å². The van der Waals surface area contributed by atoms with E-state index in [9.17, 15) is 0 Å². The zero-order valence-corrected chi connectivity index (χ0v) is 13.7. The van der Waals surface area contributed by atoms with Gasteiger partial charge in [-0.1, -0.05) is 23.7 Å². The second-order valence-electron chi connectivity index (χ2n) is 5.72. The number of piperazine rings is 1. The number of para-hydroxylation sites is 2. The Labute approximate surface area is 145 Å². The van der Waals surface area contributed by atoms with Crippen LogP contribution in [-0.2, 0) is 0 Å². The van der Waals surface area contributed by atoms with Gasteiger partial charge in [-0.15, -0.1) is 0 Å². The summed E-state index contributed by atoms with van der Waals surface area (Å²) in [5, 5.41) is 9.69. The van der Waals surface area contributed by atoms with Crippen molar-refractivity contribution in [2.45, 2.75) is 0 Å². The Morgan fingerprint density at radius 2 is 1.83 bits per heavy atom. The third-order valence-corrected chi connectivity index (χ3v) is 4.45. The van der Waals surface area contributed by atoms with E-state index in [-0.39, 0.29) is 0 Å². The van der Waals surface area contributed by atoms with Crippen LogP contribution in [0.15, 0.2) is 47.5 Å². The van der Waals surface area contributed by atoms with Crippen LogP contribution in [-0.4, -0.2) is 41.8 Å². The zero-order chi connectivity index (χ0) is 16.5. The number of ether oxygens (including phenoxy) is 1. The monoisotopic (exact) mass is 338 g/mol. The molecule has 2 aliphatic heterocycles. The molecule has 0 bridgehead atoms. The fraction of sp³-hybridized carbons (Fsp3) is 0.222. The summed E-state index contributed by atoms with van der Waals surface area (Å²) in [6, 6.07) is 13.3. The third kappa shape index (κ3) is 2.66. The van der Waals surface area contributed by atoms with Gasteiger partial charge in [-0.3, -0.25) is 0 Å². The number of aliphatic imine (C=N–C) groups is 1. The number of hydrogen-bond acceptors (Lipinski definition) is 5. The van der Waals surface area contributed by atoms with Crippen molar-refractivity contribution in [3.63, 3.8) is 0 Å². The zero-order valence-electron chi connectivity index (χ0n) is 12.9. The number of rotatable bonds is 0. The SMILES string of the molecule is N#CN1CCN(C2=Nc3ccccc3Oc3ccc(Cl)cc32)CC1. The predicted molar refractivity (Wildman–Crippen MR) is 92.9 cm³/mol. The van der Waals surface area contributed by atoms with Crippen LogP contribution in [0.5, 0.6) is 11.5 Å². The van der Waals surface area contributed by atoms with Crippen molar-refractivity contribution in [2.24, 2.45) is 4.99 Å². The molecule has 4 rings (SSSR count). The summed E-state index contributed by atoms with van der Waals surface area (Å²) < 4.78 is 6.06. The van der Waals surface area contributed by atoms with Crippen molar-refractivity contribution in [1.82, 2.24) is 9.80 Å². The van der Waals surface area contributed by atoms with Gasteiger partial charge < -0.3 is 14.5 Å².